The molecule has 2 N–H and O–H groups in total. The van der Waals surface area contributed by atoms with Crippen LogP contribution in [-0.2, 0) is 24.8 Å². The molecule has 3 aromatic heterocycles. The van der Waals surface area contributed by atoms with Crippen LogP contribution in [-0.4, -0.2) is 80.4 Å². The van der Waals surface area contributed by atoms with E-state index in [-0.39, 0.29) is 18.4 Å². The lowest BCUT2D eigenvalue weighted by molar-refractivity contribution is 0.0466. The number of benzene rings is 1. The fourth-order valence-electron chi connectivity index (χ4n) is 5.80. The first-order valence-corrected chi connectivity index (χ1v) is 15.0. The minimum Gasteiger partial charge on any atom is -0.444 e. The minimum absolute atomic E-state index is 0.0336. The lowest BCUT2D eigenvalue weighted by atomic mass is 9.97. The van der Waals surface area contributed by atoms with Gasteiger partial charge in [0.15, 0.2) is 5.82 Å². The fourth-order valence-corrected chi connectivity index (χ4v) is 5.80. The van der Waals surface area contributed by atoms with Gasteiger partial charge in [-0.05, 0) is 81.8 Å². The molecule has 1 fully saturated rings. The highest BCUT2D eigenvalue weighted by molar-refractivity contribution is 6.01. The number of amides is 3. The molecule has 3 amide bonds. The summed E-state index contributed by atoms with van der Waals surface area (Å²) in [5.74, 6) is 0.834. The van der Waals surface area contributed by atoms with Gasteiger partial charge in [-0.3, -0.25) is 9.59 Å². The van der Waals surface area contributed by atoms with Crippen LogP contribution in [0.25, 0.3) is 33.6 Å². The highest BCUT2D eigenvalue weighted by atomic mass is 19.1. The number of halogens is 1. The molecule has 232 valence electrons. The van der Waals surface area contributed by atoms with Gasteiger partial charge in [-0.25, -0.2) is 19.2 Å². The number of carbonyl (C=O) groups excluding carboxylic acids is 3. The van der Waals surface area contributed by atoms with Crippen LogP contribution >= 0.6 is 0 Å². The summed E-state index contributed by atoms with van der Waals surface area (Å²) in [6.45, 7) is 5.60. The minimum atomic E-state index is -0.883. The summed E-state index contributed by atoms with van der Waals surface area (Å²) in [4.78, 5) is 49.4. The van der Waals surface area contributed by atoms with Crippen LogP contribution in [0.3, 0.4) is 0 Å². The molecule has 0 saturated heterocycles. The van der Waals surface area contributed by atoms with E-state index >= 15 is 0 Å². The summed E-state index contributed by atoms with van der Waals surface area (Å²) >= 11 is 0. The van der Waals surface area contributed by atoms with Crippen LogP contribution in [0.4, 0.5) is 9.18 Å². The predicted molar refractivity (Wildman–Crippen MR) is 164 cm³/mol. The van der Waals surface area contributed by atoms with Crippen LogP contribution in [0.1, 0.15) is 60.0 Å². The number of alkyl carbamates (subject to hydrolysis) is 1. The van der Waals surface area contributed by atoms with E-state index in [2.05, 4.69) is 21.3 Å². The third-order valence-electron chi connectivity index (χ3n) is 8.19. The van der Waals surface area contributed by atoms with Crippen molar-refractivity contribution in [3.63, 3.8) is 0 Å². The Morgan fingerprint density at radius 2 is 1.93 bits per heavy atom. The molecular formula is C32H38FN7O4. The molecule has 0 unspecified atom stereocenters. The summed E-state index contributed by atoms with van der Waals surface area (Å²) in [7, 11) is 3.55. The average Bonchev–Trinajstić information content (AvgIpc) is 3.66. The molecular weight excluding hydrogens is 565 g/mol. The van der Waals surface area contributed by atoms with Gasteiger partial charge < -0.3 is 29.4 Å². The fraction of sp³-hybridized carbons (Fsp3) is 0.469. The average molecular weight is 604 g/mol. The summed E-state index contributed by atoms with van der Waals surface area (Å²) in [6.07, 6.45) is 2.18. The van der Waals surface area contributed by atoms with Gasteiger partial charge >= 0.3 is 6.09 Å². The van der Waals surface area contributed by atoms with E-state index in [1.54, 1.807) is 38.8 Å². The van der Waals surface area contributed by atoms with Gasteiger partial charge in [-0.15, -0.1) is 0 Å². The van der Waals surface area contributed by atoms with Crippen molar-refractivity contribution in [2.45, 2.75) is 58.2 Å². The molecule has 2 aliphatic rings. The molecule has 4 aromatic rings. The molecule has 1 atom stereocenters. The smallest absolute Gasteiger partial charge is 0.408 e. The monoisotopic (exact) mass is 603 g/mol. The number of nitrogens with zero attached hydrogens (tertiary/aromatic N) is 5. The standard InChI is InChI=1S/C32H38FN7O4/c1-32(2,3)44-31(43)35-21(15-33)17-39-11-10-19-12-25-24(14-22(19)30(39)42)37-28(38(25)5)26-13-20-8-9-23(29(41)34-4)36-27(20)40(26)16-18-6-7-18/h8-9,12-14,18,21H,6-7,10-11,15-17H2,1-5H3,(H,34,41)(H,35,43)/t21-/m1/s1. The van der Waals surface area contributed by atoms with Crippen LogP contribution in [0.15, 0.2) is 30.3 Å². The maximum atomic E-state index is 13.9. The van der Waals surface area contributed by atoms with E-state index < -0.39 is 24.4 Å². The predicted octanol–water partition coefficient (Wildman–Crippen LogP) is 4.22. The van der Waals surface area contributed by atoms with Gasteiger partial charge in [-0.2, -0.15) is 0 Å². The number of carbonyl (C=O) groups is 3. The molecule has 1 saturated carbocycles. The molecule has 0 radical (unpaired) electrons. The highest BCUT2D eigenvalue weighted by Gasteiger charge is 2.30. The van der Waals surface area contributed by atoms with Gasteiger partial charge in [0, 0.05) is 44.7 Å². The van der Waals surface area contributed by atoms with Crippen LogP contribution in [0.2, 0.25) is 0 Å². The molecule has 4 heterocycles. The number of imidazole rings is 1. The van der Waals surface area contributed by atoms with Crippen molar-refractivity contribution in [1.29, 1.82) is 0 Å². The van der Waals surface area contributed by atoms with Crippen molar-refractivity contribution < 1.29 is 23.5 Å². The number of hydrogen-bond donors (Lipinski definition) is 2. The number of alkyl halides is 1. The Balaban J connectivity index is 1.32. The molecule has 0 bridgehead atoms. The molecule has 6 rings (SSSR count). The number of hydrogen-bond acceptors (Lipinski definition) is 6. The molecule has 11 nitrogen and oxygen atoms in total. The second-order valence-corrected chi connectivity index (χ2v) is 12.8. The van der Waals surface area contributed by atoms with E-state index in [4.69, 9.17) is 14.7 Å². The second-order valence-electron chi connectivity index (χ2n) is 12.8. The highest BCUT2D eigenvalue weighted by Crippen LogP contribution is 2.36. The van der Waals surface area contributed by atoms with E-state index in [0.29, 0.717) is 35.7 Å². The second kappa shape index (κ2) is 11.2. The van der Waals surface area contributed by atoms with Gasteiger partial charge in [0.05, 0.1) is 22.8 Å². The van der Waals surface area contributed by atoms with Crippen molar-refractivity contribution in [2.24, 2.45) is 13.0 Å². The SMILES string of the molecule is CNC(=O)c1ccc2cc(-c3nc4cc5c(cc4n3C)CCN(C[C@@H](CF)NC(=O)OC(C)(C)C)C5=O)n(CC3CC3)c2n1. The molecule has 44 heavy (non-hydrogen) atoms. The first-order valence-electron chi connectivity index (χ1n) is 15.0. The quantitative estimate of drug-likeness (QED) is 0.311. The Hall–Kier alpha value is -4.48. The number of fused-ring (bicyclic) bond motifs is 3. The first-order chi connectivity index (χ1) is 21.0. The lowest BCUT2D eigenvalue weighted by Gasteiger charge is -2.31. The molecule has 1 aromatic carbocycles. The van der Waals surface area contributed by atoms with Gasteiger partial charge in [0.2, 0.25) is 0 Å². The van der Waals surface area contributed by atoms with Gasteiger partial charge in [-0.1, -0.05) is 0 Å². The van der Waals surface area contributed by atoms with Crippen molar-refractivity contribution in [2.75, 3.05) is 26.8 Å². The zero-order valence-corrected chi connectivity index (χ0v) is 25.7. The number of rotatable bonds is 8. The summed E-state index contributed by atoms with van der Waals surface area (Å²) in [5.41, 5.74) is 4.29. The maximum absolute atomic E-state index is 13.9. The number of aromatic nitrogens is 4. The van der Waals surface area contributed by atoms with Crippen molar-refractivity contribution in [3.05, 3.63) is 47.2 Å². The van der Waals surface area contributed by atoms with Gasteiger partial charge in [0.1, 0.15) is 23.6 Å². The largest absolute Gasteiger partial charge is 0.444 e. The third kappa shape index (κ3) is 5.72. The van der Waals surface area contributed by atoms with Crippen LogP contribution < -0.4 is 10.6 Å². The first kappa shape index (κ1) is 29.6. The zero-order valence-electron chi connectivity index (χ0n) is 25.7. The molecule has 1 aliphatic carbocycles. The number of pyridine rings is 1. The van der Waals surface area contributed by atoms with E-state index in [1.165, 1.54) is 0 Å². The maximum Gasteiger partial charge on any atom is 0.408 e. The van der Waals surface area contributed by atoms with Gasteiger partial charge in [0.25, 0.3) is 11.8 Å². The Bertz CT molecular complexity index is 1780. The van der Waals surface area contributed by atoms with Crippen molar-refractivity contribution in [1.82, 2.24) is 34.6 Å². The molecule has 1 aliphatic heterocycles. The van der Waals surface area contributed by atoms with Crippen molar-refractivity contribution in [3.8, 4) is 11.5 Å². The number of ether oxygens (including phenoxy) is 1. The Labute approximate surface area is 254 Å². The number of nitrogens with one attached hydrogen (secondary N) is 2. The van der Waals surface area contributed by atoms with E-state index in [9.17, 15) is 18.8 Å². The third-order valence-corrected chi connectivity index (χ3v) is 8.19. The topological polar surface area (TPSA) is 123 Å². The summed E-state index contributed by atoms with van der Waals surface area (Å²) < 4.78 is 23.3. The molecule has 0 spiro atoms. The summed E-state index contributed by atoms with van der Waals surface area (Å²) in [5, 5.41) is 6.12. The van der Waals surface area contributed by atoms with Crippen LogP contribution in [0, 0.1) is 5.92 Å². The number of aryl methyl sites for hydroxylation is 1. The Morgan fingerprint density at radius 3 is 2.61 bits per heavy atom. The summed E-state index contributed by atoms with van der Waals surface area (Å²) in [6, 6.07) is 8.63. The molecule has 12 heteroatoms. The lowest BCUT2D eigenvalue weighted by Crippen LogP contribution is -2.50. The van der Waals surface area contributed by atoms with Crippen LogP contribution in [0.5, 0.6) is 0 Å². The normalized spacial score (nSPS) is 15.9. The zero-order chi connectivity index (χ0) is 31.3. The Kier molecular flexibility index (Phi) is 7.54. The Morgan fingerprint density at radius 1 is 1.16 bits per heavy atom. The van der Waals surface area contributed by atoms with E-state index in [1.807, 2.05) is 29.8 Å². The van der Waals surface area contributed by atoms with Crippen molar-refractivity contribution >= 4 is 40.0 Å². The van der Waals surface area contributed by atoms with E-state index in [0.717, 1.165) is 53.0 Å².